The van der Waals surface area contributed by atoms with Crippen molar-refractivity contribution in [2.75, 3.05) is 0 Å². The first-order chi connectivity index (χ1) is 4.50. The quantitative estimate of drug-likeness (QED) is 0.537. The van der Waals surface area contributed by atoms with Crippen LogP contribution in [0.3, 0.4) is 0 Å². The lowest BCUT2D eigenvalue weighted by atomic mass is 10.0. The van der Waals surface area contributed by atoms with Crippen LogP contribution >= 0.6 is 0 Å². The highest BCUT2D eigenvalue weighted by Crippen LogP contribution is 2.66. The molecule has 1 saturated carbocycles. The molecular formula is C8H12O2. The Kier molecular flexibility index (Phi) is 1.25. The van der Waals surface area contributed by atoms with E-state index in [0.29, 0.717) is 0 Å². The van der Waals surface area contributed by atoms with Crippen molar-refractivity contribution < 1.29 is 9.59 Å². The highest BCUT2D eigenvalue weighted by molar-refractivity contribution is 5.78. The van der Waals surface area contributed by atoms with Crippen molar-refractivity contribution in [3.05, 3.63) is 0 Å². The molecule has 2 heteroatoms. The molecule has 1 fully saturated rings. The fourth-order valence-electron chi connectivity index (χ4n) is 1.60. The number of aldehydes is 2. The van der Waals surface area contributed by atoms with E-state index >= 15 is 0 Å². The van der Waals surface area contributed by atoms with Gasteiger partial charge in [0.05, 0.1) is 0 Å². The number of carbonyl (C=O) groups excluding carboxylic acids is 2. The van der Waals surface area contributed by atoms with E-state index in [1.165, 1.54) is 0 Å². The van der Waals surface area contributed by atoms with E-state index in [0.717, 1.165) is 12.6 Å². The van der Waals surface area contributed by atoms with Gasteiger partial charge in [-0.05, 0) is 5.41 Å². The molecule has 10 heavy (non-hydrogen) atoms. The summed E-state index contributed by atoms with van der Waals surface area (Å²) in [6, 6.07) is 0. The monoisotopic (exact) mass is 140 g/mol. The van der Waals surface area contributed by atoms with Crippen LogP contribution in [0, 0.1) is 16.7 Å². The Morgan fingerprint density at radius 1 is 1.20 bits per heavy atom. The topological polar surface area (TPSA) is 34.1 Å². The number of hydrogen-bond donors (Lipinski definition) is 0. The van der Waals surface area contributed by atoms with E-state index in [4.69, 9.17) is 0 Å². The van der Waals surface area contributed by atoms with E-state index in [1.54, 1.807) is 0 Å². The van der Waals surface area contributed by atoms with Crippen molar-refractivity contribution in [2.45, 2.75) is 20.8 Å². The maximum atomic E-state index is 10.5. The molecular weight excluding hydrogens is 128 g/mol. The lowest BCUT2D eigenvalue weighted by Gasteiger charge is -2.02. The number of hydrogen-bond acceptors (Lipinski definition) is 2. The molecule has 0 spiro atoms. The van der Waals surface area contributed by atoms with Crippen LogP contribution in [-0.4, -0.2) is 12.6 Å². The van der Waals surface area contributed by atoms with Gasteiger partial charge in [0.2, 0.25) is 0 Å². The second-order valence-electron chi connectivity index (χ2n) is 3.74. The standard InChI is InChI=1S/C8H12O2/c1-7(2)6(4-9)8(7,3)5-10/h4-6H,1-3H3. The van der Waals surface area contributed by atoms with Gasteiger partial charge in [-0.3, -0.25) is 0 Å². The molecule has 2 atom stereocenters. The molecule has 56 valence electrons. The average Bonchev–Trinajstić information content (AvgIpc) is 2.29. The summed E-state index contributed by atoms with van der Waals surface area (Å²) in [6.07, 6.45) is 1.78. The molecule has 1 aliphatic rings. The molecule has 0 bridgehead atoms. The Labute approximate surface area is 60.6 Å². The molecule has 0 aromatic heterocycles. The van der Waals surface area contributed by atoms with Crippen LogP contribution in [0.25, 0.3) is 0 Å². The van der Waals surface area contributed by atoms with Crippen molar-refractivity contribution in [3.8, 4) is 0 Å². The van der Waals surface area contributed by atoms with Crippen molar-refractivity contribution in [2.24, 2.45) is 16.7 Å². The average molecular weight is 140 g/mol. The molecule has 2 unspecified atom stereocenters. The third kappa shape index (κ3) is 0.542. The third-order valence-electron chi connectivity index (χ3n) is 3.11. The van der Waals surface area contributed by atoms with Gasteiger partial charge >= 0.3 is 0 Å². The van der Waals surface area contributed by atoms with E-state index in [1.807, 2.05) is 20.8 Å². The van der Waals surface area contributed by atoms with Crippen LogP contribution in [0.15, 0.2) is 0 Å². The van der Waals surface area contributed by atoms with Gasteiger partial charge in [-0.25, -0.2) is 0 Å². The van der Waals surface area contributed by atoms with E-state index in [2.05, 4.69) is 0 Å². The summed E-state index contributed by atoms with van der Waals surface area (Å²) in [5, 5.41) is 0. The zero-order chi connectivity index (χ0) is 7.99. The van der Waals surface area contributed by atoms with Crippen molar-refractivity contribution in [1.82, 2.24) is 0 Å². The van der Waals surface area contributed by atoms with E-state index in [-0.39, 0.29) is 11.3 Å². The van der Waals surface area contributed by atoms with Crippen LogP contribution in [0.4, 0.5) is 0 Å². The van der Waals surface area contributed by atoms with Gasteiger partial charge in [-0.1, -0.05) is 20.8 Å². The summed E-state index contributed by atoms with van der Waals surface area (Å²) < 4.78 is 0. The first-order valence-electron chi connectivity index (χ1n) is 3.42. The first-order valence-corrected chi connectivity index (χ1v) is 3.42. The second kappa shape index (κ2) is 1.68. The predicted octanol–water partition coefficient (Wildman–Crippen LogP) is 1.05. The Bertz CT molecular complexity index is 184. The highest BCUT2D eigenvalue weighted by Gasteiger charge is 2.68. The maximum absolute atomic E-state index is 10.5. The predicted molar refractivity (Wildman–Crippen MR) is 37.5 cm³/mol. The zero-order valence-electron chi connectivity index (χ0n) is 6.55. The number of carbonyl (C=O) groups is 2. The molecule has 1 rings (SSSR count). The van der Waals surface area contributed by atoms with Gasteiger partial charge < -0.3 is 9.59 Å². The molecule has 0 saturated heterocycles. The van der Waals surface area contributed by atoms with Gasteiger partial charge in [0.1, 0.15) is 12.6 Å². The molecule has 0 amide bonds. The second-order valence-corrected chi connectivity index (χ2v) is 3.74. The lowest BCUT2D eigenvalue weighted by Crippen LogP contribution is -2.04. The summed E-state index contributed by atoms with van der Waals surface area (Å²) in [7, 11) is 0. The van der Waals surface area contributed by atoms with Crippen LogP contribution in [0.5, 0.6) is 0 Å². The third-order valence-corrected chi connectivity index (χ3v) is 3.11. The van der Waals surface area contributed by atoms with Crippen molar-refractivity contribution in [3.63, 3.8) is 0 Å². The Morgan fingerprint density at radius 3 is 1.80 bits per heavy atom. The summed E-state index contributed by atoms with van der Waals surface area (Å²) in [4.78, 5) is 20.9. The Hall–Kier alpha value is -0.660. The van der Waals surface area contributed by atoms with Crippen LogP contribution < -0.4 is 0 Å². The van der Waals surface area contributed by atoms with Gasteiger partial charge in [0.15, 0.2) is 0 Å². The smallest absolute Gasteiger partial charge is 0.127 e. The van der Waals surface area contributed by atoms with Crippen molar-refractivity contribution in [1.29, 1.82) is 0 Å². The number of rotatable bonds is 2. The molecule has 1 aliphatic carbocycles. The van der Waals surface area contributed by atoms with E-state index < -0.39 is 5.41 Å². The zero-order valence-corrected chi connectivity index (χ0v) is 6.55. The fourth-order valence-corrected chi connectivity index (χ4v) is 1.60. The fraction of sp³-hybridized carbons (Fsp3) is 0.750. The minimum atomic E-state index is -0.394. The van der Waals surface area contributed by atoms with Gasteiger partial charge in [0, 0.05) is 11.3 Å². The summed E-state index contributed by atoms with van der Waals surface area (Å²) in [6.45, 7) is 5.72. The largest absolute Gasteiger partial charge is 0.303 e. The van der Waals surface area contributed by atoms with Gasteiger partial charge in [0.25, 0.3) is 0 Å². The summed E-state index contributed by atoms with van der Waals surface area (Å²) in [5.74, 6) is -0.0718. The highest BCUT2D eigenvalue weighted by atomic mass is 16.1. The molecule has 0 N–H and O–H groups in total. The normalized spacial score (nSPS) is 42.5. The molecule has 2 nitrogen and oxygen atoms in total. The molecule has 0 heterocycles. The van der Waals surface area contributed by atoms with Gasteiger partial charge in [-0.15, -0.1) is 0 Å². The van der Waals surface area contributed by atoms with Crippen LogP contribution in [-0.2, 0) is 9.59 Å². The minimum Gasteiger partial charge on any atom is -0.303 e. The van der Waals surface area contributed by atoms with Crippen LogP contribution in [0.2, 0.25) is 0 Å². The molecule has 0 radical (unpaired) electrons. The van der Waals surface area contributed by atoms with Crippen LogP contribution in [0.1, 0.15) is 20.8 Å². The minimum absolute atomic E-state index is 0.0718. The molecule has 0 aliphatic heterocycles. The Morgan fingerprint density at radius 2 is 1.70 bits per heavy atom. The SMILES string of the molecule is CC1(C)C(C=O)C1(C)C=O. The van der Waals surface area contributed by atoms with Crippen molar-refractivity contribution >= 4 is 12.6 Å². The Balaban J connectivity index is 2.87. The summed E-state index contributed by atoms with van der Waals surface area (Å²) in [5.41, 5.74) is -0.509. The summed E-state index contributed by atoms with van der Waals surface area (Å²) >= 11 is 0. The lowest BCUT2D eigenvalue weighted by molar-refractivity contribution is -0.115. The van der Waals surface area contributed by atoms with Gasteiger partial charge in [-0.2, -0.15) is 0 Å². The molecule has 0 aromatic rings. The maximum Gasteiger partial charge on any atom is 0.127 e. The molecule has 0 aromatic carbocycles. The van der Waals surface area contributed by atoms with E-state index in [9.17, 15) is 9.59 Å². The first kappa shape index (κ1) is 7.45.